The van der Waals surface area contributed by atoms with Crippen LogP contribution >= 0.6 is 0 Å². The Morgan fingerprint density at radius 1 is 1.41 bits per heavy atom. The molecule has 1 heterocycles. The number of amides is 1. The normalized spacial score (nSPS) is 18.5. The highest BCUT2D eigenvalue weighted by Crippen LogP contribution is 2.35. The minimum absolute atomic E-state index is 0.288. The highest BCUT2D eigenvalue weighted by molar-refractivity contribution is 5.91. The maximum absolute atomic E-state index is 13.6. The Morgan fingerprint density at radius 3 is 2.64 bits per heavy atom. The van der Waals surface area contributed by atoms with Crippen molar-refractivity contribution < 1.29 is 23.8 Å². The van der Waals surface area contributed by atoms with Crippen LogP contribution in [-0.2, 0) is 19.7 Å². The van der Waals surface area contributed by atoms with Gasteiger partial charge in [-0.15, -0.1) is 0 Å². The summed E-state index contributed by atoms with van der Waals surface area (Å²) in [7, 11) is 0. The third-order valence-electron chi connectivity index (χ3n) is 4.17. The van der Waals surface area contributed by atoms with Gasteiger partial charge in [0.05, 0.1) is 5.41 Å². The molecular weight excluding hydrogens is 289 g/mol. The highest BCUT2D eigenvalue weighted by Gasteiger charge is 2.43. The van der Waals surface area contributed by atoms with Crippen molar-refractivity contribution in [1.29, 1.82) is 0 Å². The monoisotopic (exact) mass is 309 g/mol. The van der Waals surface area contributed by atoms with Gasteiger partial charge in [-0.3, -0.25) is 4.79 Å². The number of nitrogens with one attached hydrogen (secondary N) is 1. The van der Waals surface area contributed by atoms with Crippen LogP contribution < -0.4 is 5.32 Å². The van der Waals surface area contributed by atoms with Crippen molar-refractivity contribution in [3.05, 3.63) is 35.6 Å². The van der Waals surface area contributed by atoms with E-state index in [9.17, 15) is 14.0 Å². The summed E-state index contributed by atoms with van der Waals surface area (Å²) in [5, 5.41) is 11.7. The van der Waals surface area contributed by atoms with E-state index >= 15 is 0 Å². The average Bonchev–Trinajstić information content (AvgIpc) is 2.52. The summed E-state index contributed by atoms with van der Waals surface area (Å²) in [5.74, 6) is -1.87. The van der Waals surface area contributed by atoms with E-state index in [4.69, 9.17) is 9.84 Å². The van der Waals surface area contributed by atoms with E-state index in [1.807, 2.05) is 0 Å². The van der Waals surface area contributed by atoms with Crippen LogP contribution in [0.5, 0.6) is 0 Å². The molecule has 1 fully saturated rings. The molecule has 1 saturated heterocycles. The van der Waals surface area contributed by atoms with Crippen molar-refractivity contribution in [1.82, 2.24) is 5.32 Å². The largest absolute Gasteiger partial charge is 0.480 e. The fourth-order valence-electron chi connectivity index (χ4n) is 2.79. The first-order valence-electron chi connectivity index (χ1n) is 7.37. The van der Waals surface area contributed by atoms with Crippen LogP contribution in [0.4, 0.5) is 4.39 Å². The molecule has 6 heteroatoms. The molecule has 22 heavy (non-hydrogen) atoms. The Hall–Kier alpha value is -1.95. The smallest absolute Gasteiger partial charge is 0.326 e. The molecule has 2 rings (SSSR count). The lowest BCUT2D eigenvalue weighted by molar-refractivity contribution is -0.143. The van der Waals surface area contributed by atoms with Gasteiger partial charge >= 0.3 is 5.97 Å². The van der Waals surface area contributed by atoms with E-state index in [0.717, 1.165) is 0 Å². The number of aliphatic carboxylic acids is 1. The fraction of sp³-hybridized carbons (Fsp3) is 0.500. The SMILES string of the molecule is CCC(NC(=O)C1(c2cccc(F)c2)CCOCC1)C(=O)O. The maximum Gasteiger partial charge on any atom is 0.326 e. The first kappa shape index (κ1) is 16.4. The van der Waals surface area contributed by atoms with Crippen molar-refractivity contribution in [2.75, 3.05) is 13.2 Å². The van der Waals surface area contributed by atoms with E-state index in [-0.39, 0.29) is 12.3 Å². The Labute approximate surface area is 128 Å². The number of carbonyl (C=O) groups is 2. The first-order chi connectivity index (χ1) is 10.5. The van der Waals surface area contributed by atoms with E-state index in [0.29, 0.717) is 31.6 Å². The zero-order chi connectivity index (χ0) is 16.2. The number of carboxylic acids is 1. The fourth-order valence-corrected chi connectivity index (χ4v) is 2.79. The molecule has 1 aliphatic heterocycles. The summed E-state index contributed by atoms with van der Waals surface area (Å²) in [6, 6.07) is 4.98. The van der Waals surface area contributed by atoms with Crippen molar-refractivity contribution >= 4 is 11.9 Å². The number of rotatable bonds is 5. The summed E-state index contributed by atoms with van der Waals surface area (Å²) in [5.41, 5.74) is -0.378. The Balaban J connectivity index is 2.33. The van der Waals surface area contributed by atoms with Gasteiger partial charge in [-0.05, 0) is 37.0 Å². The third kappa shape index (κ3) is 3.27. The average molecular weight is 309 g/mol. The second-order valence-electron chi connectivity index (χ2n) is 5.48. The summed E-state index contributed by atoms with van der Waals surface area (Å²) in [4.78, 5) is 23.9. The second-order valence-corrected chi connectivity index (χ2v) is 5.48. The van der Waals surface area contributed by atoms with Crippen LogP contribution in [0.15, 0.2) is 24.3 Å². The number of benzene rings is 1. The topological polar surface area (TPSA) is 75.6 Å². The highest BCUT2D eigenvalue weighted by atomic mass is 19.1. The van der Waals surface area contributed by atoms with Crippen molar-refractivity contribution in [2.45, 2.75) is 37.6 Å². The lowest BCUT2D eigenvalue weighted by Gasteiger charge is -2.37. The maximum atomic E-state index is 13.6. The van der Waals surface area contributed by atoms with Crippen molar-refractivity contribution in [3.8, 4) is 0 Å². The molecule has 0 bridgehead atoms. The Bertz CT molecular complexity index is 555. The molecule has 1 aromatic rings. The molecule has 1 atom stereocenters. The Morgan fingerprint density at radius 2 is 2.09 bits per heavy atom. The number of carboxylic acid groups (broad SMARTS) is 1. The van der Waals surface area contributed by atoms with Crippen LogP contribution in [0.3, 0.4) is 0 Å². The molecular formula is C16H20FNO4. The number of hydrogen-bond acceptors (Lipinski definition) is 3. The molecule has 0 spiro atoms. The zero-order valence-corrected chi connectivity index (χ0v) is 12.5. The molecule has 5 nitrogen and oxygen atoms in total. The van der Waals surface area contributed by atoms with Gasteiger partial charge in [0, 0.05) is 13.2 Å². The van der Waals surface area contributed by atoms with Crippen LogP contribution in [0.25, 0.3) is 0 Å². The summed E-state index contributed by atoms with van der Waals surface area (Å²) in [6.45, 7) is 2.46. The minimum atomic E-state index is -1.07. The van der Waals surface area contributed by atoms with Gasteiger partial charge in [-0.1, -0.05) is 19.1 Å². The number of ether oxygens (including phenoxy) is 1. The number of hydrogen-bond donors (Lipinski definition) is 2. The van der Waals surface area contributed by atoms with Gasteiger partial charge in [-0.25, -0.2) is 9.18 Å². The van der Waals surface area contributed by atoms with Gasteiger partial charge in [-0.2, -0.15) is 0 Å². The molecule has 2 N–H and O–H groups in total. The molecule has 0 aromatic heterocycles. The standard InChI is InChI=1S/C16H20FNO4/c1-2-13(14(19)20)18-15(21)16(6-8-22-9-7-16)11-4-3-5-12(17)10-11/h3-5,10,13H,2,6-9H2,1H3,(H,18,21)(H,19,20). The number of halogens is 1. The van der Waals surface area contributed by atoms with Gasteiger partial charge in [0.1, 0.15) is 11.9 Å². The predicted octanol–water partition coefficient (Wildman–Crippen LogP) is 1.85. The van der Waals surface area contributed by atoms with Gasteiger partial charge in [0.25, 0.3) is 0 Å². The lowest BCUT2D eigenvalue weighted by Crippen LogP contribution is -2.52. The summed E-state index contributed by atoms with van der Waals surface area (Å²) >= 11 is 0. The third-order valence-corrected chi connectivity index (χ3v) is 4.17. The van der Waals surface area contributed by atoms with Crippen LogP contribution in [-0.4, -0.2) is 36.2 Å². The molecule has 1 aromatic carbocycles. The van der Waals surface area contributed by atoms with Gasteiger partial charge in [0.15, 0.2) is 0 Å². The molecule has 1 amide bonds. The number of carbonyl (C=O) groups excluding carboxylic acids is 1. The molecule has 120 valence electrons. The lowest BCUT2D eigenvalue weighted by atomic mass is 9.73. The minimum Gasteiger partial charge on any atom is -0.480 e. The Kier molecular flexibility index (Phi) is 5.13. The van der Waals surface area contributed by atoms with Gasteiger partial charge in [0.2, 0.25) is 5.91 Å². The molecule has 0 radical (unpaired) electrons. The zero-order valence-electron chi connectivity index (χ0n) is 12.5. The van der Waals surface area contributed by atoms with Crippen molar-refractivity contribution in [2.24, 2.45) is 0 Å². The van der Waals surface area contributed by atoms with Crippen LogP contribution in [0.2, 0.25) is 0 Å². The van der Waals surface area contributed by atoms with Crippen LogP contribution in [0, 0.1) is 5.82 Å². The quantitative estimate of drug-likeness (QED) is 0.870. The van der Waals surface area contributed by atoms with E-state index in [1.165, 1.54) is 12.1 Å². The second kappa shape index (κ2) is 6.87. The van der Waals surface area contributed by atoms with Crippen molar-refractivity contribution in [3.63, 3.8) is 0 Å². The molecule has 1 unspecified atom stereocenters. The van der Waals surface area contributed by atoms with Crippen LogP contribution in [0.1, 0.15) is 31.7 Å². The summed E-state index contributed by atoms with van der Waals surface area (Å²) < 4.78 is 18.9. The van der Waals surface area contributed by atoms with E-state index < -0.39 is 23.2 Å². The molecule has 0 aliphatic carbocycles. The molecule has 0 saturated carbocycles. The molecule has 1 aliphatic rings. The van der Waals surface area contributed by atoms with E-state index in [1.54, 1.807) is 19.1 Å². The first-order valence-corrected chi connectivity index (χ1v) is 7.37. The predicted molar refractivity (Wildman–Crippen MR) is 78.0 cm³/mol. The summed E-state index contributed by atoms with van der Waals surface area (Å²) in [6.07, 6.45) is 1.09. The van der Waals surface area contributed by atoms with E-state index in [2.05, 4.69) is 5.32 Å². The van der Waals surface area contributed by atoms with Gasteiger partial charge < -0.3 is 15.2 Å².